The molecule has 1 atom stereocenters. The molecule has 0 radical (unpaired) electrons. The molecule has 4 rings (SSSR count). The van der Waals surface area contributed by atoms with E-state index in [0.717, 1.165) is 51.9 Å². The average molecular weight is 469 g/mol. The normalized spacial score (nSPS) is 18.9. The number of hydrogen-bond acceptors (Lipinski definition) is 8. The van der Waals surface area contributed by atoms with Crippen molar-refractivity contribution in [3.05, 3.63) is 36.8 Å². The summed E-state index contributed by atoms with van der Waals surface area (Å²) in [4.78, 5) is 34.3. The van der Waals surface area contributed by atoms with E-state index in [4.69, 9.17) is 10.5 Å². The van der Waals surface area contributed by atoms with E-state index in [1.54, 1.807) is 11.1 Å². The Kier molecular flexibility index (Phi) is 7.73. The quantitative estimate of drug-likeness (QED) is 0.475. The summed E-state index contributed by atoms with van der Waals surface area (Å²) in [7, 11) is 0. The summed E-state index contributed by atoms with van der Waals surface area (Å²) in [5, 5.41) is 10.9. The maximum absolute atomic E-state index is 12.0. The summed E-state index contributed by atoms with van der Waals surface area (Å²) in [5.41, 5.74) is 6.48. The fourth-order valence-corrected chi connectivity index (χ4v) is 4.42. The van der Waals surface area contributed by atoms with Crippen LogP contribution >= 0.6 is 0 Å². The van der Waals surface area contributed by atoms with Crippen LogP contribution in [0.4, 0.5) is 17.5 Å². The number of carbonyl (C=O) groups excluding carboxylic acids is 2. The Hall–Kier alpha value is -3.47. The third kappa shape index (κ3) is 5.90. The SMILES string of the molecule is C=CC(=O)N1CCCC(n2cc(Nc3ncc(C(N)=O)c(NCCC4CCOCC4)n3)cn2)C1. The molecular formula is C23H32N8O3. The minimum Gasteiger partial charge on any atom is -0.381 e. The molecule has 182 valence electrons. The predicted molar refractivity (Wildman–Crippen MR) is 128 cm³/mol. The molecule has 4 N–H and O–H groups in total. The highest BCUT2D eigenvalue weighted by Crippen LogP contribution is 2.24. The standard InChI is InChI=1S/C23H32N8O3/c1-2-20(32)30-9-3-4-18(15-30)31-14-17(12-27-31)28-23-26-13-19(21(24)33)22(29-23)25-8-5-16-6-10-34-11-7-16/h2,12-14,16,18H,1,3-11,15H2,(H2,24,33)(H2,25,26,28,29). The van der Waals surface area contributed by atoms with Gasteiger partial charge in [-0.1, -0.05) is 6.58 Å². The molecule has 2 amide bonds. The van der Waals surface area contributed by atoms with Crippen molar-refractivity contribution in [1.82, 2.24) is 24.6 Å². The number of aromatic nitrogens is 4. The Morgan fingerprint density at radius 3 is 2.85 bits per heavy atom. The first kappa shape index (κ1) is 23.7. The Labute approximate surface area is 198 Å². The zero-order chi connectivity index (χ0) is 23.9. The Morgan fingerprint density at radius 2 is 2.09 bits per heavy atom. The molecule has 1 unspecified atom stereocenters. The van der Waals surface area contributed by atoms with Crippen molar-refractivity contribution in [1.29, 1.82) is 0 Å². The molecule has 34 heavy (non-hydrogen) atoms. The number of anilines is 3. The van der Waals surface area contributed by atoms with E-state index in [0.29, 0.717) is 36.5 Å². The summed E-state index contributed by atoms with van der Waals surface area (Å²) >= 11 is 0. The van der Waals surface area contributed by atoms with Crippen LogP contribution in [0.5, 0.6) is 0 Å². The molecule has 2 aliphatic rings. The van der Waals surface area contributed by atoms with Crippen LogP contribution in [0.2, 0.25) is 0 Å². The first-order valence-electron chi connectivity index (χ1n) is 11.7. The van der Waals surface area contributed by atoms with Gasteiger partial charge in [-0.05, 0) is 44.1 Å². The van der Waals surface area contributed by atoms with Crippen LogP contribution < -0.4 is 16.4 Å². The van der Waals surface area contributed by atoms with Gasteiger partial charge in [0.2, 0.25) is 11.9 Å². The predicted octanol–water partition coefficient (Wildman–Crippen LogP) is 2.09. The number of ether oxygens (including phenoxy) is 1. The van der Waals surface area contributed by atoms with Crippen molar-refractivity contribution in [2.45, 2.75) is 38.1 Å². The highest BCUT2D eigenvalue weighted by Gasteiger charge is 2.24. The first-order chi connectivity index (χ1) is 16.5. The number of nitrogens with one attached hydrogen (secondary N) is 2. The van der Waals surface area contributed by atoms with Gasteiger partial charge in [0.25, 0.3) is 5.91 Å². The van der Waals surface area contributed by atoms with Gasteiger partial charge >= 0.3 is 0 Å². The molecule has 2 fully saturated rings. The van der Waals surface area contributed by atoms with Gasteiger partial charge in [-0.25, -0.2) is 4.98 Å². The molecule has 2 aromatic heterocycles. The lowest BCUT2D eigenvalue weighted by atomic mass is 9.97. The minimum absolute atomic E-state index is 0.0602. The fraction of sp³-hybridized carbons (Fsp3) is 0.522. The van der Waals surface area contributed by atoms with E-state index < -0.39 is 5.91 Å². The van der Waals surface area contributed by atoms with Gasteiger partial charge in [0.1, 0.15) is 5.82 Å². The molecular weight excluding hydrogens is 436 g/mol. The molecule has 11 heteroatoms. The third-order valence-electron chi connectivity index (χ3n) is 6.35. The zero-order valence-corrected chi connectivity index (χ0v) is 19.3. The van der Waals surface area contributed by atoms with Crippen LogP contribution in [-0.4, -0.2) is 69.3 Å². The molecule has 2 saturated heterocycles. The van der Waals surface area contributed by atoms with Crippen molar-refractivity contribution in [2.75, 3.05) is 43.5 Å². The van der Waals surface area contributed by atoms with Crippen LogP contribution in [0, 0.1) is 5.92 Å². The van der Waals surface area contributed by atoms with Gasteiger partial charge < -0.3 is 26.0 Å². The highest BCUT2D eigenvalue weighted by atomic mass is 16.5. The van der Waals surface area contributed by atoms with E-state index in [1.807, 2.05) is 10.9 Å². The number of likely N-dealkylation sites (tertiary alicyclic amines) is 1. The van der Waals surface area contributed by atoms with Crippen LogP contribution in [0.15, 0.2) is 31.2 Å². The van der Waals surface area contributed by atoms with Gasteiger partial charge in [-0.3, -0.25) is 14.3 Å². The molecule has 11 nitrogen and oxygen atoms in total. The first-order valence-corrected chi connectivity index (χ1v) is 11.7. The number of carbonyl (C=O) groups is 2. The Balaban J connectivity index is 1.40. The number of nitrogens with zero attached hydrogens (tertiary/aromatic N) is 5. The van der Waals surface area contributed by atoms with Gasteiger partial charge in [0.15, 0.2) is 0 Å². The summed E-state index contributed by atoms with van der Waals surface area (Å²) in [6.45, 7) is 7.19. The van der Waals surface area contributed by atoms with Crippen molar-refractivity contribution < 1.29 is 14.3 Å². The monoisotopic (exact) mass is 468 g/mol. The molecule has 2 aromatic rings. The highest BCUT2D eigenvalue weighted by molar-refractivity contribution is 5.97. The number of amides is 2. The molecule has 0 saturated carbocycles. The van der Waals surface area contributed by atoms with Crippen LogP contribution in [0.25, 0.3) is 0 Å². The maximum Gasteiger partial charge on any atom is 0.254 e. The lowest BCUT2D eigenvalue weighted by Gasteiger charge is -2.32. The van der Waals surface area contributed by atoms with E-state index in [-0.39, 0.29) is 17.5 Å². The van der Waals surface area contributed by atoms with Gasteiger partial charge in [-0.2, -0.15) is 10.1 Å². The number of primary amides is 1. The molecule has 0 aromatic carbocycles. The number of rotatable bonds is 9. The molecule has 2 aliphatic heterocycles. The second-order valence-electron chi connectivity index (χ2n) is 8.71. The second-order valence-corrected chi connectivity index (χ2v) is 8.71. The van der Waals surface area contributed by atoms with Crippen molar-refractivity contribution in [2.24, 2.45) is 11.7 Å². The lowest BCUT2D eigenvalue weighted by molar-refractivity contribution is -0.127. The largest absolute Gasteiger partial charge is 0.381 e. The van der Waals surface area contributed by atoms with Crippen molar-refractivity contribution >= 4 is 29.3 Å². The van der Waals surface area contributed by atoms with Crippen molar-refractivity contribution in [3.63, 3.8) is 0 Å². The molecule has 0 bridgehead atoms. The maximum atomic E-state index is 12.0. The number of nitrogens with two attached hydrogens (primary N) is 1. The van der Waals surface area contributed by atoms with Gasteiger partial charge in [-0.15, -0.1) is 0 Å². The topological polar surface area (TPSA) is 140 Å². The third-order valence-corrected chi connectivity index (χ3v) is 6.35. The summed E-state index contributed by atoms with van der Waals surface area (Å²) in [6.07, 6.45) is 11.2. The van der Waals surface area contributed by atoms with E-state index in [1.165, 1.54) is 12.3 Å². The average Bonchev–Trinajstić information content (AvgIpc) is 3.33. The fourth-order valence-electron chi connectivity index (χ4n) is 4.42. The van der Waals surface area contributed by atoms with Crippen LogP contribution in [0.3, 0.4) is 0 Å². The molecule has 0 spiro atoms. The summed E-state index contributed by atoms with van der Waals surface area (Å²) < 4.78 is 7.27. The van der Waals surface area contributed by atoms with Gasteiger partial charge in [0, 0.05) is 45.2 Å². The lowest BCUT2D eigenvalue weighted by Crippen LogP contribution is -2.39. The zero-order valence-electron chi connectivity index (χ0n) is 19.3. The van der Waals surface area contributed by atoms with Gasteiger partial charge in [0.05, 0.1) is 23.5 Å². The van der Waals surface area contributed by atoms with E-state index in [2.05, 4.69) is 32.3 Å². The van der Waals surface area contributed by atoms with Crippen LogP contribution in [-0.2, 0) is 9.53 Å². The van der Waals surface area contributed by atoms with E-state index in [9.17, 15) is 9.59 Å². The smallest absolute Gasteiger partial charge is 0.254 e. The Morgan fingerprint density at radius 1 is 1.26 bits per heavy atom. The molecule has 0 aliphatic carbocycles. The minimum atomic E-state index is -0.580. The number of piperidine rings is 1. The number of hydrogen-bond donors (Lipinski definition) is 3. The second kappa shape index (κ2) is 11.1. The van der Waals surface area contributed by atoms with E-state index >= 15 is 0 Å². The Bertz CT molecular complexity index is 1020. The van der Waals surface area contributed by atoms with Crippen molar-refractivity contribution in [3.8, 4) is 0 Å². The summed E-state index contributed by atoms with van der Waals surface area (Å²) in [6, 6.07) is 0.0915. The van der Waals surface area contributed by atoms with Crippen LogP contribution in [0.1, 0.15) is 48.5 Å². The summed E-state index contributed by atoms with van der Waals surface area (Å²) in [5.74, 6) is 0.709. The molecule has 4 heterocycles.